The van der Waals surface area contributed by atoms with E-state index >= 15 is 0 Å². The molecule has 6 rings (SSSR count). The molecule has 2 aliphatic rings. The van der Waals surface area contributed by atoms with E-state index in [0.717, 1.165) is 25.2 Å². The summed E-state index contributed by atoms with van der Waals surface area (Å²) in [5.74, 6) is 0.792. The van der Waals surface area contributed by atoms with E-state index in [1.807, 2.05) is 4.90 Å². The number of carbonyl (C=O) groups is 1. The molecule has 5 nitrogen and oxygen atoms in total. The van der Waals surface area contributed by atoms with Gasteiger partial charge in [-0.05, 0) is 79.6 Å². The van der Waals surface area contributed by atoms with Gasteiger partial charge in [-0.2, -0.15) is 0 Å². The third kappa shape index (κ3) is 5.26. The van der Waals surface area contributed by atoms with E-state index in [1.165, 1.54) is 46.2 Å². The minimum Gasteiger partial charge on any atom is -0.378 e. The molecule has 2 fully saturated rings. The lowest BCUT2D eigenvalue weighted by molar-refractivity contribution is -0.135. The van der Waals surface area contributed by atoms with Crippen LogP contribution in [0.2, 0.25) is 0 Å². The highest BCUT2D eigenvalue weighted by atomic mass is 16.5. The Labute approximate surface area is 232 Å². The molecule has 0 unspecified atom stereocenters. The number of nitrogens with zero attached hydrogens (tertiary/aromatic N) is 3. The number of carbonyl (C=O) groups excluding carboxylic acids is 1. The van der Waals surface area contributed by atoms with Gasteiger partial charge in [0, 0.05) is 30.5 Å². The van der Waals surface area contributed by atoms with Crippen LogP contribution in [0, 0.1) is 13.8 Å². The molecule has 1 aromatic heterocycles. The molecule has 0 spiro atoms. The van der Waals surface area contributed by atoms with Crippen molar-refractivity contribution in [1.82, 2.24) is 14.4 Å². The summed E-state index contributed by atoms with van der Waals surface area (Å²) in [6.07, 6.45) is 2.36. The Balaban J connectivity index is 1.32. The van der Waals surface area contributed by atoms with Crippen LogP contribution >= 0.6 is 0 Å². The molecule has 4 aromatic rings. The van der Waals surface area contributed by atoms with Crippen LogP contribution in [-0.4, -0.2) is 59.7 Å². The lowest BCUT2D eigenvalue weighted by Gasteiger charge is -2.33. The van der Waals surface area contributed by atoms with Gasteiger partial charge >= 0.3 is 0 Å². The number of likely N-dealkylation sites (tertiary alicyclic amines) is 1. The number of aromatic nitrogens is 1. The highest BCUT2D eigenvalue weighted by molar-refractivity contribution is 5.93. The number of fused-ring (bicyclic) bond motifs is 1. The van der Waals surface area contributed by atoms with E-state index in [-0.39, 0.29) is 5.91 Å². The van der Waals surface area contributed by atoms with Gasteiger partial charge in [0.1, 0.15) is 6.54 Å². The second kappa shape index (κ2) is 11.4. The maximum absolute atomic E-state index is 13.5. The normalized spacial score (nSPS) is 17.1. The third-order valence-electron chi connectivity index (χ3n) is 8.70. The minimum absolute atomic E-state index is 0.164. The molecule has 3 aromatic carbocycles. The van der Waals surface area contributed by atoms with Crippen molar-refractivity contribution in [1.29, 1.82) is 0 Å². The summed E-state index contributed by atoms with van der Waals surface area (Å²) in [6.45, 7) is 10.5. The number of benzene rings is 3. The first-order valence-corrected chi connectivity index (χ1v) is 14.4. The van der Waals surface area contributed by atoms with Gasteiger partial charge in [0.05, 0.1) is 18.9 Å². The van der Waals surface area contributed by atoms with Crippen LogP contribution in [0.15, 0.2) is 72.8 Å². The summed E-state index contributed by atoms with van der Waals surface area (Å²) in [4.78, 5) is 18.0. The van der Waals surface area contributed by atoms with Gasteiger partial charge in [0.25, 0.3) is 0 Å². The first kappa shape index (κ1) is 25.8. The summed E-state index contributed by atoms with van der Waals surface area (Å²) in [6, 6.07) is 25.9. The number of morpholine rings is 1. The predicted octanol–water partition coefficient (Wildman–Crippen LogP) is 6.16. The van der Waals surface area contributed by atoms with E-state index in [2.05, 4.69) is 96.1 Å². The summed E-state index contributed by atoms with van der Waals surface area (Å²) in [7, 11) is 0. The molecule has 5 heteroatoms. The summed E-state index contributed by atoms with van der Waals surface area (Å²) in [5, 5.41) is 1.25. The van der Waals surface area contributed by atoms with Crippen molar-refractivity contribution < 1.29 is 9.53 Å². The zero-order valence-corrected chi connectivity index (χ0v) is 23.2. The average molecular weight is 522 g/mol. The van der Waals surface area contributed by atoms with Crippen molar-refractivity contribution in [2.45, 2.75) is 45.7 Å². The second-order valence-corrected chi connectivity index (χ2v) is 11.1. The number of rotatable bonds is 6. The number of hydrogen-bond donors (Lipinski definition) is 0. The number of piperidine rings is 1. The van der Waals surface area contributed by atoms with Crippen LogP contribution in [0.25, 0.3) is 22.2 Å². The van der Waals surface area contributed by atoms with Crippen molar-refractivity contribution in [3.63, 3.8) is 0 Å². The monoisotopic (exact) mass is 521 g/mol. The first-order valence-electron chi connectivity index (χ1n) is 14.4. The molecule has 0 bridgehead atoms. The van der Waals surface area contributed by atoms with Crippen LogP contribution in [0.4, 0.5) is 0 Å². The molecule has 39 heavy (non-hydrogen) atoms. The van der Waals surface area contributed by atoms with Crippen molar-refractivity contribution >= 4 is 16.8 Å². The van der Waals surface area contributed by atoms with Crippen LogP contribution in [0.1, 0.15) is 41.0 Å². The van der Waals surface area contributed by atoms with Crippen molar-refractivity contribution in [2.24, 2.45) is 0 Å². The van der Waals surface area contributed by atoms with E-state index < -0.39 is 0 Å². The van der Waals surface area contributed by atoms with E-state index in [0.29, 0.717) is 38.8 Å². The first-order chi connectivity index (χ1) is 19.1. The summed E-state index contributed by atoms with van der Waals surface area (Å²) < 4.78 is 7.76. The van der Waals surface area contributed by atoms with Crippen LogP contribution in [0.5, 0.6) is 0 Å². The zero-order chi connectivity index (χ0) is 26.8. The standard InChI is InChI=1S/C34H39N3O2/c1-25-9-8-10-26(2)33(25)27-15-17-35(18-16-27)23-30-29-13-6-7-14-31(29)37(34(30)28-11-4-3-5-12-28)24-32(38)36-19-21-39-22-20-36/h3-14,27H,15-24H2,1-2H3. The van der Waals surface area contributed by atoms with Crippen molar-refractivity contribution in [3.8, 4) is 11.3 Å². The Morgan fingerprint density at radius 2 is 1.49 bits per heavy atom. The fraction of sp³-hybridized carbons (Fsp3) is 0.382. The maximum atomic E-state index is 13.5. The van der Waals surface area contributed by atoms with E-state index in [4.69, 9.17) is 4.74 Å². The largest absolute Gasteiger partial charge is 0.378 e. The van der Waals surface area contributed by atoms with Gasteiger partial charge in [-0.15, -0.1) is 0 Å². The molecule has 0 saturated carbocycles. The van der Waals surface area contributed by atoms with Crippen LogP contribution in [0.3, 0.4) is 0 Å². The molecule has 2 aliphatic heterocycles. The smallest absolute Gasteiger partial charge is 0.242 e. The molecular weight excluding hydrogens is 482 g/mol. The summed E-state index contributed by atoms with van der Waals surface area (Å²) in [5.41, 5.74) is 9.22. The Morgan fingerprint density at radius 3 is 2.21 bits per heavy atom. The quantitative estimate of drug-likeness (QED) is 0.305. The Kier molecular flexibility index (Phi) is 7.53. The molecule has 0 aliphatic carbocycles. The fourth-order valence-electron chi connectivity index (χ4n) is 6.75. The maximum Gasteiger partial charge on any atom is 0.242 e. The van der Waals surface area contributed by atoms with Crippen molar-refractivity contribution in [3.05, 3.63) is 95.1 Å². The SMILES string of the molecule is Cc1cccc(C)c1C1CCN(Cc2c(-c3ccccc3)n(CC(=O)N3CCOCC3)c3ccccc23)CC1. The van der Waals surface area contributed by atoms with E-state index in [9.17, 15) is 4.79 Å². The molecule has 3 heterocycles. The Morgan fingerprint density at radius 1 is 0.821 bits per heavy atom. The predicted molar refractivity (Wildman–Crippen MR) is 158 cm³/mol. The highest BCUT2D eigenvalue weighted by Gasteiger charge is 2.27. The lowest BCUT2D eigenvalue weighted by atomic mass is 9.84. The number of amides is 1. The zero-order valence-electron chi connectivity index (χ0n) is 23.2. The number of hydrogen-bond acceptors (Lipinski definition) is 3. The molecule has 0 atom stereocenters. The molecular formula is C34H39N3O2. The lowest BCUT2D eigenvalue weighted by Crippen LogP contribution is -2.42. The van der Waals surface area contributed by atoms with Gasteiger partial charge < -0.3 is 14.2 Å². The number of aryl methyl sites for hydroxylation is 2. The minimum atomic E-state index is 0.164. The fourth-order valence-corrected chi connectivity index (χ4v) is 6.75. The van der Waals surface area contributed by atoms with Gasteiger partial charge in [-0.3, -0.25) is 9.69 Å². The van der Waals surface area contributed by atoms with Gasteiger partial charge in [-0.1, -0.05) is 66.7 Å². The van der Waals surface area contributed by atoms with Gasteiger partial charge in [0.2, 0.25) is 5.91 Å². The van der Waals surface area contributed by atoms with E-state index in [1.54, 1.807) is 5.56 Å². The molecule has 0 radical (unpaired) electrons. The number of ether oxygens (including phenoxy) is 1. The third-order valence-corrected chi connectivity index (χ3v) is 8.70. The molecule has 202 valence electrons. The van der Waals surface area contributed by atoms with Crippen LogP contribution in [-0.2, 0) is 22.6 Å². The second-order valence-electron chi connectivity index (χ2n) is 11.1. The molecule has 0 N–H and O–H groups in total. The number of para-hydroxylation sites is 1. The highest BCUT2D eigenvalue weighted by Crippen LogP contribution is 2.37. The molecule has 1 amide bonds. The van der Waals surface area contributed by atoms with Crippen LogP contribution < -0.4 is 0 Å². The molecule has 2 saturated heterocycles. The summed E-state index contributed by atoms with van der Waals surface area (Å²) >= 11 is 0. The topological polar surface area (TPSA) is 37.7 Å². The Bertz CT molecular complexity index is 1420. The van der Waals surface area contributed by atoms with Gasteiger partial charge in [0.15, 0.2) is 0 Å². The Hall–Kier alpha value is -3.41. The van der Waals surface area contributed by atoms with Gasteiger partial charge in [-0.25, -0.2) is 0 Å². The average Bonchev–Trinajstić information content (AvgIpc) is 3.27. The van der Waals surface area contributed by atoms with Crippen molar-refractivity contribution in [2.75, 3.05) is 39.4 Å².